The Morgan fingerprint density at radius 2 is 1.19 bits per heavy atom. The molecule has 10 nitrogen and oxygen atoms in total. The van der Waals surface area contributed by atoms with E-state index in [4.69, 9.17) is 4.74 Å². The van der Waals surface area contributed by atoms with E-state index < -0.39 is 36.1 Å². The largest absolute Gasteiger partial charge is 0.478 e. The molecule has 4 heterocycles. The number of alkyl halides is 6. The summed E-state index contributed by atoms with van der Waals surface area (Å²) in [4.78, 5) is 32.9. The first-order chi connectivity index (χ1) is 25.3. The second-order valence-corrected chi connectivity index (χ2v) is 14.3. The van der Waals surface area contributed by atoms with Crippen LogP contribution in [0.25, 0.3) is 22.4 Å². The van der Waals surface area contributed by atoms with Crippen LogP contribution in [-0.2, 0) is 4.74 Å². The average Bonchev–Trinajstić information content (AvgIpc) is 3.61. The molecule has 292 valence electrons. The highest BCUT2D eigenvalue weighted by Crippen LogP contribution is 2.42. The van der Waals surface area contributed by atoms with Gasteiger partial charge in [-0.25, -0.2) is 28.6 Å². The van der Waals surface area contributed by atoms with E-state index in [1.807, 2.05) is 34.6 Å². The number of allylic oxidation sites excluding steroid dienone is 4. The Bertz CT molecular complexity index is 2130. The molecule has 2 aliphatic rings. The van der Waals surface area contributed by atoms with Crippen LogP contribution in [-0.4, -0.2) is 65.2 Å². The fraction of sp³-hybridized carbons (Fsp3) is 0.526. The van der Waals surface area contributed by atoms with Gasteiger partial charge in [0.2, 0.25) is 0 Å². The van der Waals surface area contributed by atoms with E-state index in [0.29, 0.717) is 51.6 Å². The average molecular weight is 763 g/mol. The summed E-state index contributed by atoms with van der Waals surface area (Å²) in [6, 6.07) is 0. The predicted octanol–water partition coefficient (Wildman–Crippen LogP) is 9.69. The number of aryl methyl sites for hydroxylation is 2. The molecule has 6 rings (SSSR count). The fourth-order valence-corrected chi connectivity index (χ4v) is 7.33. The van der Waals surface area contributed by atoms with E-state index in [-0.39, 0.29) is 56.1 Å². The van der Waals surface area contributed by atoms with Gasteiger partial charge in [-0.05, 0) is 82.3 Å². The van der Waals surface area contributed by atoms with Crippen LogP contribution in [0.3, 0.4) is 0 Å². The minimum Gasteiger partial charge on any atom is -0.478 e. The first-order valence-corrected chi connectivity index (χ1v) is 17.9. The molecule has 0 fully saturated rings. The summed E-state index contributed by atoms with van der Waals surface area (Å²) in [5, 5.41) is 18.0. The summed E-state index contributed by atoms with van der Waals surface area (Å²) >= 11 is 0. The summed E-state index contributed by atoms with van der Waals surface area (Å²) in [5.41, 5.74) is 7.07. The Morgan fingerprint density at radius 1 is 0.778 bits per heavy atom. The number of carbonyl (C=O) groups excluding carboxylic acids is 1. The van der Waals surface area contributed by atoms with E-state index in [1.165, 1.54) is 12.4 Å². The molecule has 16 heteroatoms. The maximum atomic E-state index is 13.0. The van der Waals surface area contributed by atoms with E-state index in [9.17, 15) is 41.0 Å². The minimum absolute atomic E-state index is 0.00509. The number of rotatable bonds is 7. The third kappa shape index (κ3) is 8.02. The number of hydrogen-bond donors (Lipinski definition) is 1. The van der Waals surface area contributed by atoms with Crippen LogP contribution in [0.5, 0.6) is 0 Å². The molecule has 2 aliphatic carbocycles. The van der Waals surface area contributed by atoms with Crippen molar-refractivity contribution >= 4 is 34.4 Å². The lowest BCUT2D eigenvalue weighted by molar-refractivity contribution is -0.176. The number of aromatic nitrogens is 6. The number of nitrogens with zero attached hydrogens (tertiary/aromatic N) is 6. The van der Waals surface area contributed by atoms with Crippen LogP contribution in [0.1, 0.15) is 140 Å². The third-order valence-corrected chi connectivity index (χ3v) is 9.96. The molecule has 0 saturated heterocycles. The molecule has 1 N–H and O–H groups in total. The summed E-state index contributed by atoms with van der Waals surface area (Å²) < 4.78 is 85.9. The van der Waals surface area contributed by atoms with Gasteiger partial charge in [0, 0.05) is 11.1 Å². The van der Waals surface area contributed by atoms with E-state index >= 15 is 0 Å². The summed E-state index contributed by atoms with van der Waals surface area (Å²) in [6.45, 7) is 13.2. The van der Waals surface area contributed by atoms with Crippen molar-refractivity contribution in [3.05, 3.63) is 69.6 Å². The number of fused-ring (bicyclic) bond motifs is 2. The number of ether oxygens (including phenoxy) is 1. The van der Waals surface area contributed by atoms with E-state index in [2.05, 4.69) is 20.2 Å². The van der Waals surface area contributed by atoms with Gasteiger partial charge in [-0.3, -0.25) is 0 Å². The van der Waals surface area contributed by atoms with Crippen LogP contribution in [0.15, 0.2) is 24.5 Å². The van der Waals surface area contributed by atoms with E-state index in [0.717, 1.165) is 16.7 Å². The van der Waals surface area contributed by atoms with E-state index in [1.54, 1.807) is 35.0 Å². The molecule has 2 atom stereocenters. The first kappa shape index (κ1) is 40.4. The highest BCUT2D eigenvalue weighted by atomic mass is 19.4. The number of esters is 1. The van der Waals surface area contributed by atoms with Crippen molar-refractivity contribution in [3.63, 3.8) is 0 Å². The lowest BCUT2D eigenvalue weighted by atomic mass is 9.87. The third-order valence-electron chi connectivity index (χ3n) is 9.96. The van der Waals surface area contributed by atoms with Gasteiger partial charge in [0.25, 0.3) is 0 Å². The lowest BCUT2D eigenvalue weighted by Gasteiger charge is -2.24. The van der Waals surface area contributed by atoms with Gasteiger partial charge < -0.3 is 9.84 Å². The van der Waals surface area contributed by atoms with Crippen molar-refractivity contribution in [2.45, 2.75) is 111 Å². The second-order valence-electron chi connectivity index (χ2n) is 14.3. The van der Waals surface area contributed by atoms with Crippen molar-refractivity contribution in [1.82, 2.24) is 29.2 Å². The molecule has 0 radical (unpaired) electrons. The Hall–Kier alpha value is -4.76. The Balaban J connectivity index is 0.000000208. The molecule has 0 aromatic carbocycles. The molecular formula is C38H44F6N6O4. The Kier molecular flexibility index (Phi) is 11.6. The van der Waals surface area contributed by atoms with Gasteiger partial charge >= 0.3 is 24.3 Å². The lowest BCUT2D eigenvalue weighted by Crippen LogP contribution is -2.24. The van der Waals surface area contributed by atoms with Crippen LogP contribution in [0.2, 0.25) is 0 Å². The normalized spacial score (nSPS) is 18.1. The predicted molar refractivity (Wildman–Crippen MR) is 189 cm³/mol. The van der Waals surface area contributed by atoms with Crippen molar-refractivity contribution in [2.75, 3.05) is 6.61 Å². The van der Waals surface area contributed by atoms with Crippen molar-refractivity contribution in [3.8, 4) is 0 Å². The Morgan fingerprint density at radius 3 is 1.52 bits per heavy atom. The van der Waals surface area contributed by atoms with Gasteiger partial charge in [0.05, 0.1) is 64.7 Å². The molecule has 4 aromatic rings. The van der Waals surface area contributed by atoms with Crippen molar-refractivity contribution in [1.29, 1.82) is 0 Å². The molecule has 0 amide bonds. The molecule has 0 spiro atoms. The summed E-state index contributed by atoms with van der Waals surface area (Å²) in [5.74, 6) is -4.23. The van der Waals surface area contributed by atoms with Gasteiger partial charge in [0.15, 0.2) is 11.3 Å². The van der Waals surface area contributed by atoms with Crippen molar-refractivity contribution in [2.24, 2.45) is 11.8 Å². The monoisotopic (exact) mass is 762 g/mol. The topological polar surface area (TPSA) is 124 Å². The quantitative estimate of drug-likeness (QED) is 0.146. The molecule has 54 heavy (non-hydrogen) atoms. The van der Waals surface area contributed by atoms with Gasteiger partial charge in [-0.1, -0.05) is 39.8 Å². The Labute approximate surface area is 308 Å². The molecule has 0 bridgehead atoms. The number of halogens is 6. The zero-order valence-corrected chi connectivity index (χ0v) is 31.2. The van der Waals surface area contributed by atoms with Gasteiger partial charge in [-0.2, -0.15) is 36.5 Å². The second kappa shape index (κ2) is 15.5. The number of carboxylic acid groups (broad SMARTS) is 1. The highest BCUT2D eigenvalue weighted by molar-refractivity contribution is 5.93. The SMILES string of the molecule is CCOC(=O)c1cnn2c(C3=CCC(C(F)(F)F)CC3)c(C)nc2c1C(C)C.Cc1nc2c(C(C)C)c(C(=O)O)cnn2c1C1=CCC(C(F)(F)F)CC1. The molecule has 4 aromatic heterocycles. The number of aromatic carboxylic acids is 1. The van der Waals surface area contributed by atoms with Gasteiger partial charge in [0.1, 0.15) is 0 Å². The van der Waals surface area contributed by atoms with Crippen LogP contribution in [0, 0.1) is 25.7 Å². The smallest absolute Gasteiger partial charge is 0.392 e. The zero-order valence-electron chi connectivity index (χ0n) is 31.2. The number of carboxylic acids is 1. The number of carbonyl (C=O) groups is 2. The molecular weight excluding hydrogens is 718 g/mol. The summed E-state index contributed by atoms with van der Waals surface area (Å²) in [7, 11) is 0. The fourth-order valence-electron chi connectivity index (χ4n) is 7.33. The first-order valence-electron chi connectivity index (χ1n) is 17.9. The van der Waals surface area contributed by atoms with Crippen LogP contribution < -0.4 is 0 Å². The summed E-state index contributed by atoms with van der Waals surface area (Å²) in [6.07, 6.45) is -1.75. The maximum absolute atomic E-state index is 13.0. The number of hydrogen-bond acceptors (Lipinski definition) is 7. The van der Waals surface area contributed by atoms with Crippen LogP contribution in [0.4, 0.5) is 26.3 Å². The zero-order chi connectivity index (χ0) is 39.9. The molecule has 2 unspecified atom stereocenters. The van der Waals surface area contributed by atoms with Crippen molar-refractivity contribution < 1.29 is 45.8 Å². The highest BCUT2D eigenvalue weighted by Gasteiger charge is 2.41. The molecule has 0 saturated carbocycles. The minimum atomic E-state index is -4.18. The van der Waals surface area contributed by atoms with Gasteiger partial charge in [-0.15, -0.1) is 0 Å². The molecule has 0 aliphatic heterocycles. The maximum Gasteiger partial charge on any atom is 0.392 e. The van der Waals surface area contributed by atoms with Crippen LogP contribution >= 0.6 is 0 Å². The number of imidazole rings is 2. The standard InChI is InChI=1S/C20H24F3N3O2.C18H20F3N3O2/c1-5-28-19(27)15-10-24-26-17(12(4)25-18(26)16(15)11(2)3)13-6-8-14(9-7-13)20(21,22)23;1-9(2)14-13(17(25)26)8-22-24-15(10(3)23-16(14)24)11-4-6-12(7-5-11)18(19,20)21/h6,10-11,14H,5,7-9H2,1-4H3;4,8-9,12H,5-7H2,1-3H3,(H,25,26).